The highest BCUT2D eigenvalue weighted by molar-refractivity contribution is 7.07. The highest BCUT2D eigenvalue weighted by Gasteiger charge is 2.34. The van der Waals surface area contributed by atoms with Gasteiger partial charge in [0.1, 0.15) is 22.9 Å². The summed E-state index contributed by atoms with van der Waals surface area (Å²) in [6.07, 6.45) is 1.87. The summed E-state index contributed by atoms with van der Waals surface area (Å²) in [5, 5.41) is 12.2. The quantitative estimate of drug-likeness (QED) is 0.692. The molecular formula is C16H16N6O2S. The maximum Gasteiger partial charge on any atom is 0.267 e. The number of amides is 1. The van der Waals surface area contributed by atoms with Gasteiger partial charge in [0.05, 0.1) is 17.9 Å². The van der Waals surface area contributed by atoms with E-state index in [1.165, 1.54) is 0 Å². The van der Waals surface area contributed by atoms with Gasteiger partial charge >= 0.3 is 0 Å². The van der Waals surface area contributed by atoms with E-state index in [4.69, 9.17) is 4.74 Å². The maximum absolute atomic E-state index is 12.3. The molecule has 1 saturated heterocycles. The predicted octanol–water partition coefficient (Wildman–Crippen LogP) is 1.71. The van der Waals surface area contributed by atoms with E-state index in [-0.39, 0.29) is 11.9 Å². The molecule has 3 heterocycles. The van der Waals surface area contributed by atoms with E-state index in [1.807, 2.05) is 36.5 Å². The van der Waals surface area contributed by atoms with Gasteiger partial charge in [-0.15, -0.1) is 10.2 Å². The van der Waals surface area contributed by atoms with E-state index in [2.05, 4.69) is 19.9 Å². The minimum Gasteiger partial charge on any atom is -0.487 e. The van der Waals surface area contributed by atoms with Crippen molar-refractivity contribution in [2.45, 2.75) is 19.6 Å². The number of hydrogen-bond acceptors (Lipinski definition) is 7. The lowest BCUT2D eigenvalue weighted by Crippen LogP contribution is -2.50. The molecule has 2 aromatic heterocycles. The molecule has 0 radical (unpaired) electrons. The second kappa shape index (κ2) is 6.60. The van der Waals surface area contributed by atoms with Gasteiger partial charge < -0.3 is 9.64 Å². The molecule has 128 valence electrons. The molecule has 0 saturated carbocycles. The van der Waals surface area contributed by atoms with E-state index in [1.54, 1.807) is 16.5 Å². The van der Waals surface area contributed by atoms with Crippen LogP contribution in [-0.4, -0.2) is 48.5 Å². The van der Waals surface area contributed by atoms with Crippen LogP contribution in [0.15, 0.2) is 36.5 Å². The van der Waals surface area contributed by atoms with Crippen molar-refractivity contribution in [2.75, 3.05) is 13.1 Å². The number of carbonyl (C=O) groups is 1. The molecule has 3 aromatic rings. The summed E-state index contributed by atoms with van der Waals surface area (Å²) < 4.78 is 11.3. The third-order valence-electron chi connectivity index (χ3n) is 4.06. The molecule has 1 aliphatic rings. The first-order valence-corrected chi connectivity index (χ1v) is 8.65. The van der Waals surface area contributed by atoms with Gasteiger partial charge in [-0.25, -0.2) is 4.68 Å². The van der Waals surface area contributed by atoms with Crippen LogP contribution in [0.4, 0.5) is 0 Å². The summed E-state index contributed by atoms with van der Waals surface area (Å²) in [7, 11) is 0. The van der Waals surface area contributed by atoms with Crippen molar-refractivity contribution in [3.05, 3.63) is 52.8 Å². The number of likely N-dealkylation sites (tertiary alicyclic amines) is 1. The zero-order valence-corrected chi connectivity index (χ0v) is 14.4. The van der Waals surface area contributed by atoms with Gasteiger partial charge in [-0.1, -0.05) is 27.9 Å². The van der Waals surface area contributed by atoms with E-state index in [0.717, 1.165) is 23.0 Å². The molecule has 0 bridgehead atoms. The Morgan fingerprint density at radius 3 is 2.80 bits per heavy atom. The third-order valence-corrected chi connectivity index (χ3v) is 4.87. The average molecular weight is 356 g/mol. The second-order valence-electron chi connectivity index (χ2n) is 5.84. The van der Waals surface area contributed by atoms with Crippen LogP contribution < -0.4 is 4.74 Å². The number of ether oxygens (including phenoxy) is 1. The summed E-state index contributed by atoms with van der Waals surface area (Å²) in [5.41, 5.74) is 1.44. The number of rotatable bonds is 5. The Bertz CT molecular complexity index is 872. The number of para-hydroxylation sites is 1. The lowest BCUT2D eigenvalue weighted by molar-refractivity contribution is 0.0502. The molecule has 1 amide bonds. The van der Waals surface area contributed by atoms with Gasteiger partial charge in [0.25, 0.3) is 5.91 Å². The second-order valence-corrected chi connectivity index (χ2v) is 6.60. The smallest absolute Gasteiger partial charge is 0.267 e. The normalized spacial score (nSPS) is 14.4. The molecule has 0 spiro atoms. The van der Waals surface area contributed by atoms with Gasteiger partial charge in [0.2, 0.25) is 0 Å². The molecule has 8 nitrogen and oxygen atoms in total. The number of aryl methyl sites for hydroxylation is 1. The predicted molar refractivity (Wildman–Crippen MR) is 90.4 cm³/mol. The first-order chi connectivity index (χ1) is 12.2. The highest BCUT2D eigenvalue weighted by atomic mass is 32.1. The first kappa shape index (κ1) is 15.7. The zero-order valence-electron chi connectivity index (χ0n) is 13.6. The molecule has 25 heavy (non-hydrogen) atoms. The molecule has 0 unspecified atom stereocenters. The average Bonchev–Trinajstić information content (AvgIpc) is 3.21. The van der Waals surface area contributed by atoms with E-state index >= 15 is 0 Å². The number of benzene rings is 1. The lowest BCUT2D eigenvalue weighted by atomic mass is 10.1. The van der Waals surface area contributed by atoms with Crippen molar-refractivity contribution in [3.8, 4) is 5.75 Å². The number of aromatic nitrogens is 5. The molecule has 1 aliphatic heterocycles. The fourth-order valence-electron chi connectivity index (χ4n) is 2.59. The first-order valence-electron chi connectivity index (χ1n) is 7.87. The molecule has 1 fully saturated rings. The highest BCUT2D eigenvalue weighted by Crippen LogP contribution is 2.24. The van der Waals surface area contributed by atoms with Crippen LogP contribution >= 0.6 is 11.5 Å². The largest absolute Gasteiger partial charge is 0.487 e. The van der Waals surface area contributed by atoms with Gasteiger partial charge in [0, 0.05) is 13.1 Å². The van der Waals surface area contributed by atoms with Crippen LogP contribution in [0.25, 0.3) is 0 Å². The van der Waals surface area contributed by atoms with Gasteiger partial charge in [0.15, 0.2) is 0 Å². The Hall–Kier alpha value is -2.81. The van der Waals surface area contributed by atoms with Crippen LogP contribution in [0, 0.1) is 6.92 Å². The van der Waals surface area contributed by atoms with E-state index in [9.17, 15) is 4.79 Å². The van der Waals surface area contributed by atoms with Crippen LogP contribution in [0.3, 0.4) is 0 Å². The summed E-state index contributed by atoms with van der Waals surface area (Å²) in [6.45, 7) is 3.38. The molecule has 0 aliphatic carbocycles. The molecule has 0 atom stereocenters. The minimum atomic E-state index is -0.0171. The Morgan fingerprint density at radius 2 is 2.08 bits per heavy atom. The van der Waals surface area contributed by atoms with Crippen LogP contribution in [0.2, 0.25) is 0 Å². The van der Waals surface area contributed by atoms with Crippen LogP contribution in [0.1, 0.15) is 27.1 Å². The van der Waals surface area contributed by atoms with Crippen LogP contribution in [0.5, 0.6) is 5.75 Å². The fourth-order valence-corrected chi connectivity index (χ4v) is 3.22. The lowest BCUT2D eigenvalue weighted by Gasteiger charge is -2.38. The monoisotopic (exact) mass is 356 g/mol. The summed E-state index contributed by atoms with van der Waals surface area (Å²) in [6, 6.07) is 9.73. The van der Waals surface area contributed by atoms with Gasteiger partial charge in [-0.3, -0.25) is 4.79 Å². The summed E-state index contributed by atoms with van der Waals surface area (Å²) in [4.78, 5) is 14.7. The Morgan fingerprint density at radius 1 is 1.28 bits per heavy atom. The van der Waals surface area contributed by atoms with Crippen molar-refractivity contribution < 1.29 is 9.53 Å². The van der Waals surface area contributed by atoms with Crippen molar-refractivity contribution in [1.29, 1.82) is 0 Å². The Labute approximate surface area is 148 Å². The van der Waals surface area contributed by atoms with E-state index < -0.39 is 0 Å². The van der Waals surface area contributed by atoms with Crippen molar-refractivity contribution in [2.24, 2.45) is 0 Å². The molecule has 9 heteroatoms. The SMILES string of the molecule is Cc1nnsc1C(=O)N1CC(n2cc(COc3ccccc3)nn2)C1. The van der Waals surface area contributed by atoms with Gasteiger partial charge in [-0.05, 0) is 30.6 Å². The summed E-state index contributed by atoms with van der Waals surface area (Å²) in [5.74, 6) is 0.780. The summed E-state index contributed by atoms with van der Waals surface area (Å²) >= 11 is 1.14. The van der Waals surface area contributed by atoms with Crippen molar-refractivity contribution in [1.82, 2.24) is 29.5 Å². The Balaban J connectivity index is 1.32. The molecule has 0 N–H and O–H groups in total. The minimum absolute atomic E-state index is 0.0171. The van der Waals surface area contributed by atoms with Gasteiger partial charge in [-0.2, -0.15) is 0 Å². The number of nitrogens with zero attached hydrogens (tertiary/aromatic N) is 6. The number of hydrogen-bond donors (Lipinski definition) is 0. The standard InChI is InChI=1S/C16H16N6O2S/c1-11-15(25-20-17-11)16(23)21-8-13(9-21)22-7-12(18-19-22)10-24-14-5-3-2-4-6-14/h2-7,13H,8-10H2,1H3. The number of carbonyl (C=O) groups excluding carboxylic acids is 1. The van der Waals surface area contributed by atoms with Crippen molar-refractivity contribution >= 4 is 17.4 Å². The fraction of sp³-hybridized carbons (Fsp3) is 0.312. The van der Waals surface area contributed by atoms with Crippen molar-refractivity contribution in [3.63, 3.8) is 0 Å². The topological polar surface area (TPSA) is 86.0 Å². The zero-order chi connectivity index (χ0) is 17.2. The molecule has 1 aromatic carbocycles. The molecular weight excluding hydrogens is 340 g/mol. The maximum atomic E-state index is 12.3. The molecule has 4 rings (SSSR count). The van der Waals surface area contributed by atoms with E-state index in [0.29, 0.717) is 30.3 Å². The third kappa shape index (κ3) is 3.22. The van der Waals surface area contributed by atoms with Crippen LogP contribution in [-0.2, 0) is 6.61 Å². The Kier molecular flexibility index (Phi) is 4.14.